The molecule has 0 atom stereocenters. The quantitative estimate of drug-likeness (QED) is 0.175. The molecule has 0 radical (unpaired) electrons. The number of thiophene rings is 1. The molecule has 0 amide bonds. The van der Waals surface area contributed by atoms with Crippen LogP contribution in [0.25, 0.3) is 70.6 Å². The molecule has 0 unspecified atom stereocenters. The molecule has 1 aliphatic rings. The lowest BCUT2D eigenvalue weighted by atomic mass is 9.87. The molecule has 1 heteroatoms. The Morgan fingerprint density at radius 1 is 0.478 bits per heavy atom. The van der Waals surface area contributed by atoms with Crippen molar-refractivity contribution in [2.75, 3.05) is 0 Å². The maximum Gasteiger partial charge on any atom is 0.0390 e. The minimum absolute atomic E-state index is 1.07. The van der Waals surface area contributed by atoms with Gasteiger partial charge in [-0.2, -0.15) is 0 Å². The highest BCUT2D eigenvalue weighted by Crippen LogP contribution is 2.44. The van der Waals surface area contributed by atoms with Crippen molar-refractivity contribution in [2.24, 2.45) is 0 Å². The van der Waals surface area contributed by atoms with Gasteiger partial charge in [0.15, 0.2) is 0 Å². The Bertz CT molecular complexity index is 2470. The van der Waals surface area contributed by atoms with Crippen LogP contribution in [0, 0.1) is 6.92 Å². The topological polar surface area (TPSA) is 0 Å². The van der Waals surface area contributed by atoms with E-state index in [-0.39, 0.29) is 0 Å². The molecule has 218 valence electrons. The van der Waals surface area contributed by atoms with Crippen molar-refractivity contribution in [1.29, 1.82) is 0 Å². The summed E-state index contributed by atoms with van der Waals surface area (Å²) < 4.78 is 1.38. The molecule has 0 N–H and O–H groups in total. The van der Waals surface area contributed by atoms with Crippen LogP contribution >= 0.6 is 11.3 Å². The van der Waals surface area contributed by atoms with Crippen LogP contribution in [0.5, 0.6) is 0 Å². The average Bonchev–Trinajstić information content (AvgIpc) is 3.50. The van der Waals surface area contributed by atoms with Gasteiger partial charge in [-0.05, 0) is 133 Å². The first-order valence-electron chi connectivity index (χ1n) is 16.1. The average molecular weight is 605 g/mol. The normalized spacial score (nSPS) is 12.8. The van der Waals surface area contributed by atoms with Crippen LogP contribution in [0.3, 0.4) is 0 Å². The second-order valence-corrected chi connectivity index (χ2v) is 13.6. The van der Waals surface area contributed by atoms with E-state index in [0.717, 1.165) is 12.8 Å². The summed E-state index contributed by atoms with van der Waals surface area (Å²) in [6, 6.07) is 54.1. The van der Waals surface area contributed by atoms with Gasteiger partial charge < -0.3 is 0 Å². The zero-order chi connectivity index (χ0) is 30.6. The molecular weight excluding hydrogens is 573 g/mol. The Hall–Kier alpha value is -5.24. The third-order valence-corrected chi connectivity index (χ3v) is 10.8. The summed E-state index contributed by atoms with van der Waals surface area (Å²) in [6.45, 7) is 2.16. The molecule has 46 heavy (non-hydrogen) atoms. The minimum atomic E-state index is 1.07. The van der Waals surface area contributed by atoms with Crippen molar-refractivity contribution in [2.45, 2.75) is 19.8 Å². The lowest BCUT2D eigenvalue weighted by Crippen LogP contribution is -1.98. The van der Waals surface area contributed by atoms with Crippen molar-refractivity contribution in [3.8, 4) is 33.4 Å². The first-order valence-corrected chi connectivity index (χ1v) is 17.0. The van der Waals surface area contributed by atoms with Gasteiger partial charge >= 0.3 is 0 Å². The monoisotopic (exact) mass is 604 g/mol. The van der Waals surface area contributed by atoms with E-state index in [0.29, 0.717) is 0 Å². The predicted octanol–water partition coefficient (Wildman–Crippen LogP) is 12.9. The van der Waals surface area contributed by atoms with Crippen LogP contribution < -0.4 is 0 Å². The van der Waals surface area contributed by atoms with Gasteiger partial charge in [-0.25, -0.2) is 0 Å². The van der Waals surface area contributed by atoms with Crippen LogP contribution in [0.4, 0.5) is 0 Å². The van der Waals surface area contributed by atoms with Gasteiger partial charge in [-0.1, -0.05) is 121 Å². The Labute approximate surface area is 273 Å². The molecule has 8 aromatic rings. The summed E-state index contributed by atoms with van der Waals surface area (Å²) >= 11 is 1.94. The summed E-state index contributed by atoms with van der Waals surface area (Å²) in [5.74, 6) is 0. The zero-order valence-electron chi connectivity index (χ0n) is 25.8. The molecule has 0 bridgehead atoms. The predicted molar refractivity (Wildman–Crippen MR) is 200 cm³/mol. The second kappa shape index (κ2) is 11.0. The Balaban J connectivity index is 1.23. The van der Waals surface area contributed by atoms with Gasteiger partial charge in [-0.3, -0.25) is 0 Å². The Morgan fingerprint density at radius 2 is 1.13 bits per heavy atom. The SMILES string of the molecule is Cc1ccc(-c2cc(C3=CCCc4c3sc3ccccc43)cc(-c3cccc(-c4cc5ccccc5c5ccccc45)c3)c2)cc1. The number of fused-ring (bicyclic) bond motifs is 6. The molecule has 0 saturated carbocycles. The number of benzene rings is 7. The van der Waals surface area contributed by atoms with E-state index in [9.17, 15) is 0 Å². The van der Waals surface area contributed by atoms with Gasteiger partial charge in [0, 0.05) is 9.58 Å². The Kier molecular flexibility index (Phi) is 6.47. The van der Waals surface area contributed by atoms with Gasteiger partial charge in [0.2, 0.25) is 0 Å². The fraction of sp³-hybridized carbons (Fsp3) is 0.0667. The van der Waals surface area contributed by atoms with E-state index in [1.54, 1.807) is 0 Å². The van der Waals surface area contributed by atoms with E-state index in [2.05, 4.69) is 159 Å². The smallest absolute Gasteiger partial charge is 0.0390 e. The summed E-state index contributed by atoms with van der Waals surface area (Å²) in [5, 5.41) is 6.58. The molecule has 0 nitrogen and oxygen atoms in total. The molecule has 9 rings (SSSR count). The number of aryl methyl sites for hydroxylation is 2. The molecule has 0 spiro atoms. The van der Waals surface area contributed by atoms with E-state index in [1.807, 2.05) is 11.3 Å². The summed E-state index contributed by atoms with van der Waals surface area (Å²) in [6.07, 6.45) is 4.64. The highest BCUT2D eigenvalue weighted by molar-refractivity contribution is 7.20. The fourth-order valence-electron chi connectivity index (χ4n) is 7.29. The summed E-state index contributed by atoms with van der Waals surface area (Å²) in [5.41, 5.74) is 12.9. The lowest BCUT2D eigenvalue weighted by molar-refractivity contribution is 0.998. The van der Waals surface area contributed by atoms with Crippen LogP contribution in [-0.2, 0) is 6.42 Å². The number of hydrogen-bond donors (Lipinski definition) is 0. The maximum absolute atomic E-state index is 2.47. The van der Waals surface area contributed by atoms with Gasteiger partial charge in [-0.15, -0.1) is 11.3 Å². The van der Waals surface area contributed by atoms with Crippen molar-refractivity contribution < 1.29 is 0 Å². The van der Waals surface area contributed by atoms with E-state index >= 15 is 0 Å². The first kappa shape index (κ1) is 27.1. The van der Waals surface area contributed by atoms with Crippen LogP contribution in [0.2, 0.25) is 0 Å². The third-order valence-electron chi connectivity index (χ3n) is 9.59. The highest BCUT2D eigenvalue weighted by atomic mass is 32.1. The molecule has 0 aliphatic heterocycles. The zero-order valence-corrected chi connectivity index (χ0v) is 26.6. The highest BCUT2D eigenvalue weighted by Gasteiger charge is 2.21. The largest absolute Gasteiger partial charge is 0.135 e. The number of allylic oxidation sites excluding steroid dienone is 1. The van der Waals surface area contributed by atoms with Gasteiger partial charge in [0.05, 0.1) is 0 Å². The van der Waals surface area contributed by atoms with Crippen LogP contribution in [0.1, 0.15) is 28.0 Å². The number of rotatable bonds is 4. The standard InChI is InChI=1S/C45H32S/c1-29-20-22-30(23-21-29)34-25-35(27-36(26-34)38-17-9-18-42-41-16-6-7-19-44(41)46-45(38)42)31-11-8-12-32(24-31)43-28-33-10-2-3-13-37(33)39-14-4-5-15-40(39)43/h2-8,10-17,19-28H,9,18H2,1H3. The van der Waals surface area contributed by atoms with Crippen molar-refractivity contribution in [3.63, 3.8) is 0 Å². The summed E-state index contributed by atoms with van der Waals surface area (Å²) in [4.78, 5) is 1.43. The molecule has 1 aromatic heterocycles. The van der Waals surface area contributed by atoms with Crippen molar-refractivity contribution in [3.05, 3.63) is 173 Å². The second-order valence-electron chi connectivity index (χ2n) is 12.5. The third kappa shape index (κ3) is 4.59. The van der Waals surface area contributed by atoms with E-state index in [1.165, 1.54) is 92.2 Å². The molecule has 1 heterocycles. The minimum Gasteiger partial charge on any atom is -0.135 e. The van der Waals surface area contributed by atoms with Gasteiger partial charge in [0.25, 0.3) is 0 Å². The Morgan fingerprint density at radius 3 is 1.98 bits per heavy atom. The van der Waals surface area contributed by atoms with Crippen LogP contribution in [-0.4, -0.2) is 0 Å². The van der Waals surface area contributed by atoms with Crippen LogP contribution in [0.15, 0.2) is 152 Å². The van der Waals surface area contributed by atoms with Crippen molar-refractivity contribution in [1.82, 2.24) is 0 Å². The molecule has 0 saturated heterocycles. The molecule has 0 fully saturated rings. The molecule has 7 aromatic carbocycles. The molecular formula is C45H32S. The van der Waals surface area contributed by atoms with E-state index < -0.39 is 0 Å². The fourth-order valence-corrected chi connectivity index (χ4v) is 8.60. The maximum atomic E-state index is 2.47. The lowest BCUT2D eigenvalue weighted by Gasteiger charge is -2.18. The first-order chi connectivity index (χ1) is 22.7. The summed E-state index contributed by atoms with van der Waals surface area (Å²) in [7, 11) is 0. The van der Waals surface area contributed by atoms with E-state index in [4.69, 9.17) is 0 Å². The number of hydrogen-bond acceptors (Lipinski definition) is 1. The van der Waals surface area contributed by atoms with Crippen molar-refractivity contribution >= 4 is 48.5 Å². The molecule has 1 aliphatic carbocycles. The van der Waals surface area contributed by atoms with Gasteiger partial charge in [0.1, 0.15) is 0 Å².